The number of nitrogens with zero attached hydrogens (tertiary/aromatic N) is 3. The maximum Gasteiger partial charge on any atom is 0.266 e. The highest BCUT2D eigenvalue weighted by Crippen LogP contribution is 2.33. The van der Waals surface area contributed by atoms with Crippen molar-refractivity contribution in [3.8, 4) is 0 Å². The molecule has 2 aromatic rings. The third-order valence-corrected chi connectivity index (χ3v) is 5.78. The number of hydrogen-bond donors (Lipinski definition) is 0. The van der Waals surface area contributed by atoms with Crippen molar-refractivity contribution in [2.75, 3.05) is 33.4 Å². The van der Waals surface area contributed by atoms with Gasteiger partial charge in [0.25, 0.3) is 11.8 Å². The van der Waals surface area contributed by atoms with Crippen LogP contribution in [0.25, 0.3) is 6.08 Å². The molecule has 2 fully saturated rings. The number of hydrogen-bond acceptors (Lipinski definition) is 5. The summed E-state index contributed by atoms with van der Waals surface area (Å²) in [5.41, 5.74) is 2.20. The number of benzene rings is 2. The van der Waals surface area contributed by atoms with E-state index in [0.717, 1.165) is 5.56 Å². The first-order chi connectivity index (χ1) is 14.1. The van der Waals surface area contributed by atoms with E-state index in [9.17, 15) is 9.59 Å². The van der Waals surface area contributed by atoms with Crippen molar-refractivity contribution in [1.82, 2.24) is 9.80 Å². The van der Waals surface area contributed by atoms with Crippen LogP contribution in [0.1, 0.15) is 15.9 Å². The van der Waals surface area contributed by atoms with E-state index >= 15 is 0 Å². The molecule has 2 aliphatic rings. The van der Waals surface area contributed by atoms with Gasteiger partial charge in [-0.1, -0.05) is 36.4 Å². The average molecular weight is 407 g/mol. The van der Waals surface area contributed by atoms with Gasteiger partial charge in [-0.05, 0) is 41.6 Å². The van der Waals surface area contributed by atoms with Crippen LogP contribution < -0.4 is 0 Å². The fraction of sp³-hybridized carbons (Fsp3) is 0.227. The van der Waals surface area contributed by atoms with Crippen LogP contribution in [0, 0.1) is 0 Å². The second-order valence-corrected chi connectivity index (χ2v) is 7.74. The van der Waals surface area contributed by atoms with Crippen LogP contribution in [-0.4, -0.2) is 60.1 Å². The minimum Gasteiger partial charge on any atom is -0.378 e. The third-order valence-electron chi connectivity index (χ3n) is 4.72. The zero-order valence-corrected chi connectivity index (χ0v) is 16.9. The average Bonchev–Trinajstić information content (AvgIpc) is 3.02. The van der Waals surface area contributed by atoms with Gasteiger partial charge in [0.05, 0.1) is 23.8 Å². The topological polar surface area (TPSA) is 62.2 Å². The van der Waals surface area contributed by atoms with Crippen molar-refractivity contribution in [2.45, 2.75) is 0 Å². The molecule has 0 radical (unpaired) electrons. The van der Waals surface area contributed by atoms with Gasteiger partial charge in [0.15, 0.2) is 5.17 Å². The van der Waals surface area contributed by atoms with Crippen molar-refractivity contribution in [1.29, 1.82) is 0 Å². The summed E-state index contributed by atoms with van der Waals surface area (Å²) in [7, 11) is 1.71. The quantitative estimate of drug-likeness (QED) is 0.732. The normalized spacial score (nSPS) is 20.0. The summed E-state index contributed by atoms with van der Waals surface area (Å²) < 4.78 is 5.31. The van der Waals surface area contributed by atoms with E-state index < -0.39 is 0 Å². The van der Waals surface area contributed by atoms with Crippen LogP contribution in [0.5, 0.6) is 0 Å². The first kappa shape index (κ1) is 19.4. The number of ether oxygens (including phenoxy) is 1. The van der Waals surface area contributed by atoms with Crippen molar-refractivity contribution < 1.29 is 14.3 Å². The molecule has 4 rings (SSSR count). The van der Waals surface area contributed by atoms with Crippen LogP contribution in [0.3, 0.4) is 0 Å². The molecule has 2 aromatic carbocycles. The van der Waals surface area contributed by atoms with E-state index in [2.05, 4.69) is 4.99 Å². The Kier molecular flexibility index (Phi) is 5.78. The number of morpholine rings is 1. The Morgan fingerprint density at radius 2 is 1.86 bits per heavy atom. The molecule has 0 unspecified atom stereocenters. The number of amides is 2. The smallest absolute Gasteiger partial charge is 0.266 e. The van der Waals surface area contributed by atoms with Crippen LogP contribution in [0.2, 0.25) is 0 Å². The van der Waals surface area contributed by atoms with Crippen molar-refractivity contribution in [2.24, 2.45) is 4.99 Å². The van der Waals surface area contributed by atoms with Gasteiger partial charge < -0.3 is 9.64 Å². The summed E-state index contributed by atoms with van der Waals surface area (Å²) >= 11 is 1.33. The first-order valence-corrected chi connectivity index (χ1v) is 10.2. The highest BCUT2D eigenvalue weighted by atomic mass is 32.2. The second kappa shape index (κ2) is 8.63. The highest BCUT2D eigenvalue weighted by molar-refractivity contribution is 8.18. The Bertz CT molecular complexity index is 982. The molecule has 0 aromatic heterocycles. The number of likely N-dealkylation sites (N-methyl/N-ethyl adjacent to an activating group) is 1. The number of aliphatic imine (C=N–C) groups is 1. The lowest BCUT2D eigenvalue weighted by Gasteiger charge is -2.26. The largest absolute Gasteiger partial charge is 0.378 e. The molecule has 0 atom stereocenters. The standard InChI is InChI=1S/C22H21N3O3S/c1-24-21(27)19(14-16-6-3-2-4-7-16)29-22(24)23-18-9-5-8-17(15-18)20(26)25-10-12-28-13-11-25/h2-9,14-15H,10-13H2,1H3/b19-14+,23-22?. The molecule has 0 N–H and O–H groups in total. The summed E-state index contributed by atoms with van der Waals surface area (Å²) in [6.07, 6.45) is 1.87. The Balaban J connectivity index is 1.55. The molecule has 0 aliphatic carbocycles. The lowest BCUT2D eigenvalue weighted by atomic mass is 10.1. The minimum absolute atomic E-state index is 0.0245. The molecule has 2 saturated heterocycles. The Morgan fingerprint density at radius 1 is 1.10 bits per heavy atom. The molecule has 2 aliphatic heterocycles. The molecule has 0 saturated carbocycles. The van der Waals surface area contributed by atoms with E-state index in [0.29, 0.717) is 47.6 Å². The first-order valence-electron chi connectivity index (χ1n) is 9.40. The molecule has 2 amide bonds. The van der Waals surface area contributed by atoms with Gasteiger partial charge in [0.1, 0.15) is 0 Å². The zero-order valence-electron chi connectivity index (χ0n) is 16.1. The predicted molar refractivity (Wildman–Crippen MR) is 115 cm³/mol. The summed E-state index contributed by atoms with van der Waals surface area (Å²) in [6.45, 7) is 2.32. The highest BCUT2D eigenvalue weighted by Gasteiger charge is 2.30. The lowest BCUT2D eigenvalue weighted by Crippen LogP contribution is -2.40. The number of amidine groups is 1. The van der Waals surface area contributed by atoms with Gasteiger partial charge in [-0.2, -0.15) is 0 Å². The van der Waals surface area contributed by atoms with E-state index in [4.69, 9.17) is 4.74 Å². The molecule has 7 heteroatoms. The van der Waals surface area contributed by atoms with Crippen LogP contribution in [0.15, 0.2) is 64.5 Å². The van der Waals surface area contributed by atoms with Gasteiger partial charge in [-0.25, -0.2) is 4.99 Å². The van der Waals surface area contributed by atoms with Crippen LogP contribution >= 0.6 is 11.8 Å². The maximum absolute atomic E-state index is 12.7. The maximum atomic E-state index is 12.7. The van der Waals surface area contributed by atoms with Gasteiger partial charge >= 0.3 is 0 Å². The van der Waals surface area contributed by atoms with Gasteiger partial charge in [-0.3, -0.25) is 14.5 Å². The van der Waals surface area contributed by atoms with Crippen molar-refractivity contribution >= 4 is 40.5 Å². The van der Waals surface area contributed by atoms with E-state index in [-0.39, 0.29) is 11.8 Å². The number of rotatable bonds is 3. The van der Waals surface area contributed by atoms with Crippen molar-refractivity contribution in [3.05, 3.63) is 70.6 Å². The molecule has 6 nitrogen and oxygen atoms in total. The Hall–Kier alpha value is -2.90. The summed E-state index contributed by atoms with van der Waals surface area (Å²) in [5, 5.41) is 0.591. The van der Waals surface area contributed by atoms with Crippen molar-refractivity contribution in [3.63, 3.8) is 0 Å². The fourth-order valence-corrected chi connectivity index (χ4v) is 4.11. The summed E-state index contributed by atoms with van der Waals surface area (Å²) in [5.74, 6) is -0.110. The van der Waals surface area contributed by atoms with E-state index in [1.165, 1.54) is 16.7 Å². The lowest BCUT2D eigenvalue weighted by molar-refractivity contribution is -0.121. The third kappa shape index (κ3) is 4.41. The van der Waals surface area contributed by atoms with Crippen LogP contribution in [-0.2, 0) is 9.53 Å². The SMILES string of the molecule is CN1C(=O)/C(=C\c2ccccc2)SC1=Nc1cccc(C(=O)N2CCOCC2)c1. The Labute approximate surface area is 173 Å². The van der Waals surface area contributed by atoms with Gasteiger partial charge in [0, 0.05) is 25.7 Å². The molecular formula is C22H21N3O3S. The molecule has 0 spiro atoms. The van der Waals surface area contributed by atoms with Gasteiger partial charge in [0.2, 0.25) is 0 Å². The molecule has 2 heterocycles. The molecule has 29 heavy (non-hydrogen) atoms. The second-order valence-electron chi connectivity index (χ2n) is 6.73. The van der Waals surface area contributed by atoms with Gasteiger partial charge in [-0.15, -0.1) is 0 Å². The fourth-order valence-electron chi connectivity index (χ4n) is 3.12. The number of carbonyl (C=O) groups excluding carboxylic acids is 2. The minimum atomic E-state index is -0.0850. The zero-order chi connectivity index (χ0) is 20.2. The monoisotopic (exact) mass is 407 g/mol. The molecule has 0 bridgehead atoms. The summed E-state index contributed by atoms with van der Waals surface area (Å²) in [6, 6.07) is 16.9. The molecule has 148 valence electrons. The molecular weight excluding hydrogens is 386 g/mol. The predicted octanol–water partition coefficient (Wildman–Crippen LogP) is 3.39. The van der Waals surface area contributed by atoms with E-state index in [1.54, 1.807) is 24.1 Å². The van der Waals surface area contributed by atoms with Crippen LogP contribution in [0.4, 0.5) is 5.69 Å². The number of thioether (sulfide) groups is 1. The summed E-state index contributed by atoms with van der Waals surface area (Å²) in [4.78, 5) is 33.8. The number of carbonyl (C=O) groups is 2. The van der Waals surface area contributed by atoms with E-state index in [1.807, 2.05) is 48.5 Å². The Morgan fingerprint density at radius 3 is 2.62 bits per heavy atom.